The largest absolute Gasteiger partial charge is 0.506 e. The van der Waals surface area contributed by atoms with Gasteiger partial charge in [0.25, 0.3) is 0 Å². The Morgan fingerprint density at radius 2 is 1.92 bits per heavy atom. The molecule has 2 heterocycles. The Morgan fingerprint density at radius 3 is 2.50 bits per heavy atom. The van der Waals surface area contributed by atoms with Gasteiger partial charge in [-0.25, -0.2) is 4.98 Å². The van der Waals surface area contributed by atoms with Gasteiger partial charge in [0.2, 0.25) is 0 Å². The highest BCUT2D eigenvalue weighted by Crippen LogP contribution is 2.27. The van der Waals surface area contributed by atoms with E-state index in [-0.39, 0.29) is 24.0 Å². The zero-order valence-corrected chi connectivity index (χ0v) is 18.5. The van der Waals surface area contributed by atoms with Gasteiger partial charge in [0.1, 0.15) is 5.75 Å². The van der Waals surface area contributed by atoms with Crippen molar-refractivity contribution < 1.29 is 5.11 Å². The summed E-state index contributed by atoms with van der Waals surface area (Å²) in [6.45, 7) is 8.30. The van der Waals surface area contributed by atoms with Gasteiger partial charge in [-0.2, -0.15) is 0 Å². The van der Waals surface area contributed by atoms with Gasteiger partial charge >= 0.3 is 0 Å². The van der Waals surface area contributed by atoms with Crippen molar-refractivity contribution in [3.8, 4) is 5.75 Å². The van der Waals surface area contributed by atoms with E-state index >= 15 is 0 Å². The molecule has 0 aliphatic carbocycles. The topological polar surface area (TPSA) is 64.0 Å². The number of rotatable bonds is 3. The molecule has 26 heavy (non-hydrogen) atoms. The summed E-state index contributed by atoms with van der Waals surface area (Å²) in [5.41, 5.74) is 2.00. The monoisotopic (exact) mass is 487 g/mol. The van der Waals surface area contributed by atoms with E-state index in [0.29, 0.717) is 5.75 Å². The third-order valence-electron chi connectivity index (χ3n) is 4.42. The fraction of sp³-hybridized carbons (Fsp3) is 0.444. The van der Waals surface area contributed by atoms with Gasteiger partial charge in [0.15, 0.2) is 5.96 Å². The van der Waals surface area contributed by atoms with Crippen LogP contribution >= 0.6 is 35.3 Å². The van der Waals surface area contributed by atoms with E-state index in [9.17, 15) is 5.11 Å². The van der Waals surface area contributed by atoms with Crippen molar-refractivity contribution in [1.82, 2.24) is 15.2 Å². The van der Waals surface area contributed by atoms with Crippen LogP contribution in [0.1, 0.15) is 15.6 Å². The molecule has 1 aliphatic heterocycles. The van der Waals surface area contributed by atoms with Crippen molar-refractivity contribution in [2.45, 2.75) is 20.4 Å². The van der Waals surface area contributed by atoms with E-state index in [1.54, 1.807) is 17.4 Å². The van der Waals surface area contributed by atoms with Gasteiger partial charge in [0, 0.05) is 38.1 Å². The minimum Gasteiger partial charge on any atom is -0.506 e. The SMILES string of the molecule is CN=C(NCc1sc(C)nc1C)N1CCN(c2ccccc2O)CC1.I. The second-order valence-electron chi connectivity index (χ2n) is 6.11. The molecule has 2 N–H and O–H groups in total. The number of phenols is 1. The summed E-state index contributed by atoms with van der Waals surface area (Å²) in [6, 6.07) is 7.51. The minimum absolute atomic E-state index is 0. The molecular formula is C18H26IN5OS. The van der Waals surface area contributed by atoms with Crippen molar-refractivity contribution >= 4 is 47.0 Å². The first-order valence-corrected chi connectivity index (χ1v) is 9.31. The molecule has 0 spiro atoms. The number of thiazole rings is 1. The number of para-hydroxylation sites is 2. The number of hydrogen-bond donors (Lipinski definition) is 2. The molecule has 1 fully saturated rings. The summed E-state index contributed by atoms with van der Waals surface area (Å²) in [7, 11) is 1.82. The molecule has 6 nitrogen and oxygen atoms in total. The van der Waals surface area contributed by atoms with Crippen LogP contribution in [0.4, 0.5) is 5.69 Å². The van der Waals surface area contributed by atoms with Gasteiger partial charge in [-0.3, -0.25) is 4.99 Å². The Hall–Kier alpha value is -1.55. The fourth-order valence-electron chi connectivity index (χ4n) is 3.12. The predicted octanol–water partition coefficient (Wildman–Crippen LogP) is 2.98. The number of aromatic nitrogens is 1. The van der Waals surface area contributed by atoms with Crippen LogP contribution in [-0.4, -0.2) is 54.2 Å². The molecule has 0 atom stereocenters. The van der Waals surface area contributed by atoms with E-state index < -0.39 is 0 Å². The van der Waals surface area contributed by atoms with E-state index in [1.807, 2.05) is 39.1 Å². The number of phenolic OH excluding ortho intramolecular Hbond substituents is 1. The van der Waals surface area contributed by atoms with Gasteiger partial charge in [-0.15, -0.1) is 35.3 Å². The van der Waals surface area contributed by atoms with Gasteiger partial charge in [-0.1, -0.05) is 12.1 Å². The number of halogens is 1. The summed E-state index contributed by atoms with van der Waals surface area (Å²) in [6.07, 6.45) is 0. The zero-order valence-electron chi connectivity index (χ0n) is 15.4. The number of aromatic hydroxyl groups is 1. The summed E-state index contributed by atoms with van der Waals surface area (Å²) in [5.74, 6) is 1.26. The Labute approximate surface area is 176 Å². The first-order valence-electron chi connectivity index (χ1n) is 8.50. The summed E-state index contributed by atoms with van der Waals surface area (Å²) >= 11 is 1.73. The zero-order chi connectivity index (χ0) is 17.8. The average molecular weight is 487 g/mol. The van der Waals surface area contributed by atoms with Crippen molar-refractivity contribution in [3.05, 3.63) is 39.8 Å². The van der Waals surface area contributed by atoms with Crippen LogP contribution in [0.5, 0.6) is 5.75 Å². The Bertz CT molecular complexity index is 756. The lowest BCUT2D eigenvalue weighted by molar-refractivity contribution is 0.370. The van der Waals surface area contributed by atoms with E-state index in [0.717, 1.165) is 55.1 Å². The standard InChI is InChI=1S/C18H25N5OS.HI/c1-13-17(25-14(2)21-13)12-20-18(19-3)23-10-8-22(9-11-23)15-6-4-5-7-16(15)24;/h4-7,24H,8-12H2,1-3H3,(H,19,20);1H. The van der Waals surface area contributed by atoms with E-state index in [1.165, 1.54) is 4.88 Å². The van der Waals surface area contributed by atoms with Crippen LogP contribution in [-0.2, 0) is 6.54 Å². The third kappa shape index (κ3) is 4.79. The second-order valence-corrected chi connectivity index (χ2v) is 7.39. The number of aryl methyl sites for hydroxylation is 2. The van der Waals surface area contributed by atoms with Crippen molar-refractivity contribution in [3.63, 3.8) is 0 Å². The maximum atomic E-state index is 10.0. The molecule has 0 saturated carbocycles. The molecule has 3 rings (SSSR count). The number of hydrogen-bond acceptors (Lipinski definition) is 5. The first-order chi connectivity index (χ1) is 12.1. The summed E-state index contributed by atoms with van der Waals surface area (Å²) in [4.78, 5) is 14.6. The van der Waals surface area contributed by atoms with E-state index in [4.69, 9.17) is 0 Å². The molecule has 142 valence electrons. The van der Waals surface area contributed by atoms with Gasteiger partial charge in [-0.05, 0) is 26.0 Å². The molecule has 1 aromatic heterocycles. The highest BCUT2D eigenvalue weighted by Gasteiger charge is 2.21. The molecule has 1 saturated heterocycles. The number of nitrogens with one attached hydrogen (secondary N) is 1. The highest BCUT2D eigenvalue weighted by atomic mass is 127. The summed E-state index contributed by atoms with van der Waals surface area (Å²) < 4.78 is 0. The molecule has 0 amide bonds. The number of guanidine groups is 1. The van der Waals surface area contributed by atoms with Crippen LogP contribution in [0.2, 0.25) is 0 Å². The lowest BCUT2D eigenvalue weighted by atomic mass is 10.2. The van der Waals surface area contributed by atoms with Crippen LogP contribution in [0.25, 0.3) is 0 Å². The Morgan fingerprint density at radius 1 is 1.23 bits per heavy atom. The lowest BCUT2D eigenvalue weighted by Gasteiger charge is -2.37. The number of anilines is 1. The number of nitrogens with zero attached hydrogens (tertiary/aromatic N) is 4. The molecule has 0 unspecified atom stereocenters. The average Bonchev–Trinajstić information content (AvgIpc) is 2.94. The van der Waals surface area contributed by atoms with Crippen LogP contribution < -0.4 is 10.2 Å². The van der Waals surface area contributed by atoms with Gasteiger partial charge < -0.3 is 20.2 Å². The van der Waals surface area contributed by atoms with Gasteiger partial charge in [0.05, 0.1) is 22.9 Å². The fourth-order valence-corrected chi connectivity index (χ4v) is 4.00. The van der Waals surface area contributed by atoms with Crippen molar-refractivity contribution in [1.29, 1.82) is 0 Å². The maximum Gasteiger partial charge on any atom is 0.194 e. The Kier molecular flexibility index (Phi) is 7.51. The van der Waals surface area contributed by atoms with Crippen LogP contribution in [0.15, 0.2) is 29.3 Å². The first kappa shape index (κ1) is 20.8. The second kappa shape index (κ2) is 9.40. The van der Waals surface area contributed by atoms with Crippen LogP contribution in [0.3, 0.4) is 0 Å². The van der Waals surface area contributed by atoms with Crippen molar-refractivity contribution in [2.75, 3.05) is 38.1 Å². The number of benzene rings is 1. The normalized spacial score (nSPS) is 15.0. The quantitative estimate of drug-likeness (QED) is 0.396. The molecule has 8 heteroatoms. The lowest BCUT2D eigenvalue weighted by Crippen LogP contribution is -2.52. The van der Waals surface area contributed by atoms with Crippen LogP contribution in [0, 0.1) is 13.8 Å². The maximum absolute atomic E-state index is 10.0. The minimum atomic E-state index is 0. The molecule has 2 aromatic rings. The predicted molar refractivity (Wildman–Crippen MR) is 119 cm³/mol. The molecular weight excluding hydrogens is 461 g/mol. The third-order valence-corrected chi connectivity index (χ3v) is 5.49. The Balaban J connectivity index is 0.00000243. The molecule has 1 aromatic carbocycles. The highest BCUT2D eigenvalue weighted by molar-refractivity contribution is 14.0. The molecule has 0 radical (unpaired) electrons. The number of piperazine rings is 1. The van der Waals surface area contributed by atoms with E-state index in [2.05, 4.69) is 25.1 Å². The van der Waals surface area contributed by atoms with Crippen molar-refractivity contribution in [2.24, 2.45) is 4.99 Å². The summed E-state index contributed by atoms with van der Waals surface area (Å²) in [5, 5.41) is 14.6. The number of aliphatic imine (C=N–C) groups is 1. The molecule has 0 bridgehead atoms. The molecule has 1 aliphatic rings. The smallest absolute Gasteiger partial charge is 0.194 e.